The molecule has 0 spiro atoms. The Hall–Kier alpha value is -3.41. The van der Waals surface area contributed by atoms with E-state index >= 15 is 0 Å². The highest BCUT2D eigenvalue weighted by Gasteiger charge is 2.18. The molecule has 0 unspecified atom stereocenters. The number of carbonyl (C=O) groups is 2. The van der Waals surface area contributed by atoms with Crippen LogP contribution in [-0.4, -0.2) is 47.3 Å². The summed E-state index contributed by atoms with van der Waals surface area (Å²) < 4.78 is 2.92. The van der Waals surface area contributed by atoms with Gasteiger partial charge in [0, 0.05) is 24.0 Å². The molecule has 2 heterocycles. The predicted molar refractivity (Wildman–Crippen MR) is 138 cm³/mol. The number of hydrogen-bond acceptors (Lipinski definition) is 7. The second-order valence-corrected chi connectivity index (χ2v) is 9.54. The highest BCUT2D eigenvalue weighted by molar-refractivity contribution is 7.99. The average Bonchev–Trinajstić information content (AvgIpc) is 3.22. The van der Waals surface area contributed by atoms with Crippen LogP contribution in [0.3, 0.4) is 0 Å². The van der Waals surface area contributed by atoms with Crippen molar-refractivity contribution in [3.63, 3.8) is 0 Å². The summed E-state index contributed by atoms with van der Waals surface area (Å²) in [7, 11) is 1.57. The molecule has 2 aromatic heterocycles. The van der Waals surface area contributed by atoms with Gasteiger partial charge in [-0.2, -0.15) is 5.10 Å². The number of aliphatic carboxylic acids is 1. The van der Waals surface area contributed by atoms with E-state index in [9.17, 15) is 19.5 Å². The molecule has 0 aliphatic rings. The zero-order valence-electron chi connectivity index (χ0n) is 18.9. The first-order chi connectivity index (χ1) is 17.2. The smallest absolute Gasteiger partial charge is 0.305 e. The third kappa shape index (κ3) is 5.86. The van der Waals surface area contributed by atoms with E-state index in [1.807, 2.05) is 6.07 Å². The Labute approximate surface area is 219 Å². The third-order valence-corrected chi connectivity index (χ3v) is 6.75. The summed E-state index contributed by atoms with van der Waals surface area (Å²) in [6.45, 7) is 0.105. The van der Waals surface area contributed by atoms with Crippen LogP contribution in [0.5, 0.6) is 0 Å². The Morgan fingerprint density at radius 2 is 1.86 bits per heavy atom. The van der Waals surface area contributed by atoms with Crippen LogP contribution in [0.2, 0.25) is 10.0 Å². The van der Waals surface area contributed by atoms with Crippen molar-refractivity contribution in [1.82, 2.24) is 24.5 Å². The van der Waals surface area contributed by atoms with E-state index in [4.69, 9.17) is 23.2 Å². The van der Waals surface area contributed by atoms with Crippen LogP contribution in [0.25, 0.3) is 10.8 Å². The number of rotatable bonds is 9. The molecule has 0 radical (unpaired) electrons. The fourth-order valence-electron chi connectivity index (χ4n) is 3.55. The van der Waals surface area contributed by atoms with E-state index in [1.165, 1.54) is 10.7 Å². The van der Waals surface area contributed by atoms with Gasteiger partial charge in [-0.05, 0) is 24.3 Å². The number of aryl methyl sites for hydroxylation is 1. The molecule has 0 saturated heterocycles. The van der Waals surface area contributed by atoms with Crippen molar-refractivity contribution in [3.8, 4) is 0 Å². The van der Waals surface area contributed by atoms with Crippen molar-refractivity contribution < 1.29 is 14.7 Å². The second-order valence-electron chi connectivity index (χ2n) is 7.75. The number of benzene rings is 2. The Morgan fingerprint density at radius 1 is 1.11 bits per heavy atom. The van der Waals surface area contributed by atoms with Crippen LogP contribution in [0.1, 0.15) is 17.9 Å². The molecular formula is C23H20Cl2N6O4S. The molecule has 36 heavy (non-hydrogen) atoms. The van der Waals surface area contributed by atoms with E-state index in [0.717, 1.165) is 11.8 Å². The summed E-state index contributed by atoms with van der Waals surface area (Å²) in [5, 5.41) is 27.1. The molecule has 4 aromatic rings. The first kappa shape index (κ1) is 25.7. The van der Waals surface area contributed by atoms with Gasteiger partial charge in [-0.15, -0.1) is 10.2 Å². The van der Waals surface area contributed by atoms with Crippen molar-refractivity contribution in [1.29, 1.82) is 0 Å². The summed E-state index contributed by atoms with van der Waals surface area (Å²) in [5.41, 5.74) is 0.806. The zero-order valence-corrected chi connectivity index (χ0v) is 21.3. The van der Waals surface area contributed by atoms with E-state index in [-0.39, 0.29) is 36.6 Å². The lowest BCUT2D eigenvalue weighted by Gasteiger charge is -2.11. The maximum atomic E-state index is 12.5. The standard InChI is InChI=1S/C23H20Cl2N6O4S/c1-30-22(35)15-5-3-2-4-14(15)18(29-30)11-19-27-28-23(31(19)9-8-21(33)34)36-12-20(32)26-17-7-6-13(24)10-16(17)25/h2-7,10H,8-9,11-12H2,1H3,(H,26,32)(H,33,34). The number of aromatic nitrogens is 5. The van der Waals surface area contributed by atoms with E-state index in [2.05, 4.69) is 20.6 Å². The van der Waals surface area contributed by atoms with Crippen LogP contribution in [0, 0.1) is 0 Å². The molecule has 0 aliphatic heterocycles. The summed E-state index contributed by atoms with van der Waals surface area (Å²) in [5.74, 6) is -0.850. The Bertz CT molecular complexity index is 1520. The van der Waals surface area contributed by atoms with Crippen LogP contribution >= 0.6 is 35.0 Å². The minimum Gasteiger partial charge on any atom is -0.481 e. The summed E-state index contributed by atoms with van der Waals surface area (Å²) >= 11 is 13.1. The number of carbonyl (C=O) groups excluding carboxylic acids is 1. The first-order valence-electron chi connectivity index (χ1n) is 10.7. The maximum Gasteiger partial charge on any atom is 0.305 e. The van der Waals surface area contributed by atoms with Crippen molar-refractivity contribution in [2.45, 2.75) is 24.5 Å². The van der Waals surface area contributed by atoms with E-state index in [1.54, 1.807) is 41.9 Å². The summed E-state index contributed by atoms with van der Waals surface area (Å²) in [6, 6.07) is 11.9. The third-order valence-electron chi connectivity index (χ3n) is 5.24. The molecule has 13 heteroatoms. The molecule has 0 aliphatic carbocycles. The molecule has 0 fully saturated rings. The Balaban J connectivity index is 1.57. The lowest BCUT2D eigenvalue weighted by atomic mass is 10.1. The number of halogens is 2. The van der Waals surface area contributed by atoms with Crippen molar-refractivity contribution in [2.75, 3.05) is 11.1 Å². The van der Waals surface area contributed by atoms with Crippen LogP contribution in [-0.2, 0) is 29.6 Å². The van der Waals surface area contributed by atoms with Gasteiger partial charge in [0.1, 0.15) is 5.82 Å². The highest BCUT2D eigenvalue weighted by Crippen LogP contribution is 2.26. The Kier molecular flexibility index (Phi) is 7.92. The minimum atomic E-state index is -0.980. The molecule has 10 nitrogen and oxygen atoms in total. The van der Waals surface area contributed by atoms with Crippen LogP contribution < -0.4 is 10.9 Å². The second kappa shape index (κ2) is 11.1. The number of fused-ring (bicyclic) bond motifs is 1. The van der Waals surface area contributed by atoms with Crippen molar-refractivity contribution >= 4 is 63.3 Å². The molecular weight excluding hydrogens is 527 g/mol. The molecule has 0 bridgehead atoms. The highest BCUT2D eigenvalue weighted by atomic mass is 35.5. The van der Waals surface area contributed by atoms with Crippen LogP contribution in [0.4, 0.5) is 5.69 Å². The monoisotopic (exact) mass is 546 g/mol. The lowest BCUT2D eigenvalue weighted by molar-refractivity contribution is -0.137. The van der Waals surface area contributed by atoms with Gasteiger partial charge in [0.15, 0.2) is 5.16 Å². The molecule has 186 valence electrons. The fraction of sp³-hybridized carbons (Fsp3) is 0.217. The van der Waals surface area contributed by atoms with Gasteiger partial charge in [-0.25, -0.2) is 4.68 Å². The minimum absolute atomic E-state index is 0.00875. The first-order valence-corrected chi connectivity index (χ1v) is 12.4. The summed E-state index contributed by atoms with van der Waals surface area (Å²) in [6.07, 6.45) is 0.0566. The SMILES string of the molecule is Cn1nc(Cc2nnc(SCC(=O)Nc3ccc(Cl)cc3Cl)n2CCC(=O)O)c2ccccc2c1=O. The topological polar surface area (TPSA) is 132 Å². The van der Waals surface area contributed by atoms with Crippen molar-refractivity contribution in [3.05, 3.63) is 74.4 Å². The molecule has 0 saturated carbocycles. The number of thioether (sulfide) groups is 1. The average molecular weight is 547 g/mol. The fourth-order valence-corrected chi connectivity index (χ4v) is 4.79. The van der Waals surface area contributed by atoms with Gasteiger partial charge in [0.2, 0.25) is 5.91 Å². The largest absolute Gasteiger partial charge is 0.481 e. The molecule has 4 rings (SSSR count). The Morgan fingerprint density at radius 3 is 2.58 bits per heavy atom. The normalized spacial score (nSPS) is 11.1. The number of nitrogens with one attached hydrogen (secondary N) is 1. The lowest BCUT2D eigenvalue weighted by Crippen LogP contribution is -2.22. The van der Waals surface area contributed by atoms with Crippen LogP contribution in [0.15, 0.2) is 52.4 Å². The molecule has 0 atom stereocenters. The van der Waals surface area contributed by atoms with Gasteiger partial charge >= 0.3 is 5.97 Å². The maximum absolute atomic E-state index is 12.5. The number of carboxylic acids is 1. The van der Waals surface area contributed by atoms with Gasteiger partial charge in [0.05, 0.1) is 40.4 Å². The van der Waals surface area contributed by atoms with E-state index < -0.39 is 5.97 Å². The number of carboxylic acid groups (broad SMARTS) is 1. The van der Waals surface area contributed by atoms with Crippen molar-refractivity contribution in [2.24, 2.45) is 7.05 Å². The quantitative estimate of drug-likeness (QED) is 0.304. The predicted octanol–water partition coefficient (Wildman–Crippen LogP) is 3.63. The van der Waals surface area contributed by atoms with Gasteiger partial charge < -0.3 is 15.0 Å². The van der Waals surface area contributed by atoms with Gasteiger partial charge in [-0.3, -0.25) is 14.4 Å². The van der Waals surface area contributed by atoms with Gasteiger partial charge in [-0.1, -0.05) is 53.2 Å². The molecule has 2 N–H and O–H groups in total. The number of nitrogens with zero attached hydrogens (tertiary/aromatic N) is 5. The summed E-state index contributed by atoms with van der Waals surface area (Å²) in [4.78, 5) is 36.2. The van der Waals surface area contributed by atoms with E-state index in [0.29, 0.717) is 43.2 Å². The zero-order chi connectivity index (χ0) is 25.8. The number of amides is 1. The number of hydrogen-bond donors (Lipinski definition) is 2. The van der Waals surface area contributed by atoms with Gasteiger partial charge in [0.25, 0.3) is 5.56 Å². The molecule has 2 aromatic carbocycles. The molecule has 1 amide bonds. The number of anilines is 1.